The summed E-state index contributed by atoms with van der Waals surface area (Å²) in [6.45, 7) is 2.83. The quantitative estimate of drug-likeness (QED) is 0.898. The molecule has 0 radical (unpaired) electrons. The van der Waals surface area contributed by atoms with E-state index in [0.29, 0.717) is 55.7 Å². The van der Waals surface area contributed by atoms with Crippen molar-refractivity contribution in [2.45, 2.75) is 25.8 Å². The Kier molecular flexibility index (Phi) is 4.64. The second kappa shape index (κ2) is 6.36. The second-order valence-electron chi connectivity index (χ2n) is 6.07. The summed E-state index contributed by atoms with van der Waals surface area (Å²) in [7, 11) is 0. The summed E-state index contributed by atoms with van der Waals surface area (Å²) in [4.78, 5) is 14.9. The molecule has 120 valence electrons. The number of rotatable bonds is 2. The van der Waals surface area contributed by atoms with Crippen LogP contribution in [0.1, 0.15) is 24.0 Å². The molecule has 1 amide bonds. The van der Waals surface area contributed by atoms with Gasteiger partial charge in [-0.3, -0.25) is 4.79 Å². The number of halogens is 2. The molecule has 1 aromatic rings. The predicted octanol–water partition coefficient (Wildman–Crippen LogP) is 2.63. The number of nitrogens with zero attached hydrogens (tertiary/aromatic N) is 1. The van der Waals surface area contributed by atoms with Gasteiger partial charge in [-0.1, -0.05) is 29.3 Å². The van der Waals surface area contributed by atoms with E-state index >= 15 is 0 Å². The second-order valence-corrected chi connectivity index (χ2v) is 6.86. The van der Waals surface area contributed by atoms with Gasteiger partial charge in [-0.25, -0.2) is 0 Å². The summed E-state index contributed by atoms with van der Waals surface area (Å²) in [5.41, 5.74) is 7.62. The van der Waals surface area contributed by atoms with Gasteiger partial charge in [0.1, 0.15) is 0 Å². The van der Waals surface area contributed by atoms with Crippen molar-refractivity contribution in [1.82, 2.24) is 4.90 Å². The molecule has 0 saturated carbocycles. The smallest absolute Gasteiger partial charge is 0.230 e. The first-order valence-electron chi connectivity index (χ1n) is 7.60. The van der Waals surface area contributed by atoms with Gasteiger partial charge in [0, 0.05) is 32.8 Å². The molecule has 3 rings (SSSR count). The average molecular weight is 343 g/mol. The highest BCUT2D eigenvalue weighted by molar-refractivity contribution is 6.42. The van der Waals surface area contributed by atoms with Gasteiger partial charge in [0.25, 0.3) is 0 Å². The lowest BCUT2D eigenvalue weighted by Crippen LogP contribution is -2.51. The van der Waals surface area contributed by atoms with Crippen molar-refractivity contribution in [2.24, 2.45) is 11.1 Å². The zero-order valence-electron chi connectivity index (χ0n) is 12.4. The number of hydrogen-bond acceptors (Lipinski definition) is 3. The van der Waals surface area contributed by atoms with E-state index in [4.69, 9.17) is 33.7 Å². The molecule has 1 saturated heterocycles. The first kappa shape index (κ1) is 16.1. The molecule has 2 N–H and O–H groups in total. The Morgan fingerprint density at radius 3 is 2.73 bits per heavy atom. The maximum absolute atomic E-state index is 13.0. The minimum Gasteiger partial charge on any atom is -0.381 e. The molecule has 6 heteroatoms. The molecular weight excluding hydrogens is 323 g/mol. The molecule has 1 aromatic carbocycles. The molecule has 22 heavy (non-hydrogen) atoms. The summed E-state index contributed by atoms with van der Waals surface area (Å²) in [5, 5.41) is 1.19. The largest absolute Gasteiger partial charge is 0.381 e. The number of hydrogen-bond donors (Lipinski definition) is 1. The third-order valence-corrected chi connectivity index (χ3v) is 5.71. The lowest BCUT2D eigenvalue weighted by Gasteiger charge is -2.40. The first-order valence-corrected chi connectivity index (χ1v) is 8.36. The fourth-order valence-corrected chi connectivity index (χ4v) is 3.81. The molecule has 0 spiro atoms. The molecule has 0 aromatic heterocycles. The Morgan fingerprint density at radius 1 is 1.32 bits per heavy atom. The standard InChI is InChI=1S/C16H20Cl2N2O2/c17-13-2-1-11-9-20(6-3-12(11)14(13)18)15(21)16(10-19)4-7-22-8-5-16/h1-2H,3-10,19H2. The van der Waals surface area contributed by atoms with Crippen molar-refractivity contribution < 1.29 is 9.53 Å². The van der Waals surface area contributed by atoms with Gasteiger partial charge in [0.2, 0.25) is 5.91 Å². The number of ether oxygens (including phenoxy) is 1. The molecule has 0 unspecified atom stereocenters. The van der Waals surface area contributed by atoms with Crippen LogP contribution < -0.4 is 5.73 Å². The maximum Gasteiger partial charge on any atom is 0.230 e. The minimum atomic E-state index is -0.466. The topological polar surface area (TPSA) is 55.6 Å². The van der Waals surface area contributed by atoms with E-state index < -0.39 is 5.41 Å². The van der Waals surface area contributed by atoms with Gasteiger partial charge < -0.3 is 15.4 Å². The number of carbonyl (C=O) groups is 1. The minimum absolute atomic E-state index is 0.148. The molecule has 2 aliphatic rings. The number of nitrogens with two attached hydrogens (primary N) is 1. The van der Waals surface area contributed by atoms with E-state index in [1.165, 1.54) is 0 Å². The van der Waals surface area contributed by atoms with Crippen LogP contribution >= 0.6 is 23.2 Å². The SMILES string of the molecule is NCC1(C(=O)N2CCc3c(ccc(Cl)c3Cl)C2)CCOCC1. The van der Waals surface area contributed by atoms with E-state index in [1.54, 1.807) is 6.07 Å². The highest BCUT2D eigenvalue weighted by Gasteiger charge is 2.42. The number of carbonyl (C=O) groups excluding carboxylic acids is 1. The number of benzene rings is 1. The normalized spacial score (nSPS) is 20.6. The highest BCUT2D eigenvalue weighted by Crippen LogP contribution is 2.36. The van der Waals surface area contributed by atoms with Gasteiger partial charge in [-0.05, 0) is 36.5 Å². The summed E-state index contributed by atoms with van der Waals surface area (Å²) >= 11 is 12.3. The Hall–Kier alpha value is -0.810. The predicted molar refractivity (Wildman–Crippen MR) is 87.1 cm³/mol. The fraction of sp³-hybridized carbons (Fsp3) is 0.562. The van der Waals surface area contributed by atoms with Crippen LogP contribution in [-0.4, -0.2) is 37.1 Å². The van der Waals surface area contributed by atoms with E-state index in [2.05, 4.69) is 0 Å². The molecule has 2 aliphatic heterocycles. The van der Waals surface area contributed by atoms with Crippen LogP contribution in [0.15, 0.2) is 12.1 Å². The van der Waals surface area contributed by atoms with Crippen LogP contribution in [0.5, 0.6) is 0 Å². The van der Waals surface area contributed by atoms with Crippen molar-refractivity contribution in [3.8, 4) is 0 Å². The van der Waals surface area contributed by atoms with Crippen molar-refractivity contribution >= 4 is 29.1 Å². The Labute approximate surface area is 140 Å². The fourth-order valence-electron chi connectivity index (χ4n) is 3.36. The van der Waals surface area contributed by atoms with Gasteiger partial charge in [-0.2, -0.15) is 0 Å². The molecule has 2 heterocycles. The number of amides is 1. The lowest BCUT2D eigenvalue weighted by molar-refractivity contribution is -0.148. The summed E-state index contributed by atoms with van der Waals surface area (Å²) in [6, 6.07) is 3.76. The van der Waals surface area contributed by atoms with Crippen LogP contribution in [0.4, 0.5) is 0 Å². The molecule has 0 bridgehead atoms. The average Bonchev–Trinajstić information content (AvgIpc) is 2.58. The zero-order valence-corrected chi connectivity index (χ0v) is 13.9. The van der Waals surface area contributed by atoms with E-state index in [1.807, 2.05) is 11.0 Å². The van der Waals surface area contributed by atoms with Crippen LogP contribution in [0.2, 0.25) is 10.0 Å². The summed E-state index contributed by atoms with van der Waals surface area (Å²) in [6.07, 6.45) is 2.14. The molecule has 1 fully saturated rings. The van der Waals surface area contributed by atoms with Gasteiger partial charge in [0.15, 0.2) is 0 Å². The molecule has 0 atom stereocenters. The molecular formula is C16H20Cl2N2O2. The number of fused-ring (bicyclic) bond motifs is 1. The Morgan fingerprint density at radius 2 is 2.05 bits per heavy atom. The van der Waals surface area contributed by atoms with Crippen LogP contribution in [0.25, 0.3) is 0 Å². The Bertz CT molecular complexity index is 586. The summed E-state index contributed by atoms with van der Waals surface area (Å²) < 4.78 is 5.39. The van der Waals surface area contributed by atoms with E-state index in [0.717, 1.165) is 17.5 Å². The molecule has 4 nitrogen and oxygen atoms in total. The van der Waals surface area contributed by atoms with Crippen LogP contribution in [0, 0.1) is 5.41 Å². The van der Waals surface area contributed by atoms with E-state index in [9.17, 15) is 4.79 Å². The van der Waals surface area contributed by atoms with Crippen molar-refractivity contribution in [3.63, 3.8) is 0 Å². The van der Waals surface area contributed by atoms with Crippen LogP contribution in [-0.2, 0) is 22.5 Å². The summed E-state index contributed by atoms with van der Waals surface area (Å²) in [5.74, 6) is 0.148. The maximum atomic E-state index is 13.0. The van der Waals surface area contributed by atoms with Gasteiger partial charge >= 0.3 is 0 Å². The van der Waals surface area contributed by atoms with Crippen molar-refractivity contribution in [1.29, 1.82) is 0 Å². The van der Waals surface area contributed by atoms with Gasteiger partial charge in [-0.15, -0.1) is 0 Å². The third-order valence-electron chi connectivity index (χ3n) is 4.87. The molecule has 0 aliphatic carbocycles. The van der Waals surface area contributed by atoms with Gasteiger partial charge in [0.05, 0.1) is 15.5 Å². The first-order chi connectivity index (χ1) is 10.6. The highest BCUT2D eigenvalue weighted by atomic mass is 35.5. The van der Waals surface area contributed by atoms with Crippen molar-refractivity contribution in [2.75, 3.05) is 26.3 Å². The van der Waals surface area contributed by atoms with Crippen LogP contribution in [0.3, 0.4) is 0 Å². The third kappa shape index (κ3) is 2.73. The zero-order chi connectivity index (χ0) is 15.7. The lowest BCUT2D eigenvalue weighted by atomic mass is 9.78. The monoisotopic (exact) mass is 342 g/mol. The Balaban J connectivity index is 1.82. The van der Waals surface area contributed by atoms with Crippen molar-refractivity contribution in [3.05, 3.63) is 33.3 Å². The van der Waals surface area contributed by atoms with E-state index in [-0.39, 0.29) is 5.91 Å².